The summed E-state index contributed by atoms with van der Waals surface area (Å²) in [7, 11) is 1.81. The van der Waals surface area contributed by atoms with Gasteiger partial charge in [-0.1, -0.05) is 22.9 Å². The third kappa shape index (κ3) is 2.82. The van der Waals surface area contributed by atoms with E-state index < -0.39 is 0 Å². The van der Waals surface area contributed by atoms with Crippen molar-refractivity contribution in [1.82, 2.24) is 15.0 Å². The van der Waals surface area contributed by atoms with Gasteiger partial charge in [-0.3, -0.25) is 4.68 Å². The van der Waals surface area contributed by atoms with E-state index in [-0.39, 0.29) is 6.61 Å². The lowest BCUT2D eigenvalue weighted by Crippen LogP contribution is -1.99. The molecule has 1 heterocycles. The molecule has 1 aromatic heterocycles. The molecule has 0 bridgehead atoms. The summed E-state index contributed by atoms with van der Waals surface area (Å²) in [5.74, 6) is 0.684. The predicted octanol–water partition coefficient (Wildman–Crippen LogP) is 1.19. The Balaban J connectivity index is 2.08. The highest BCUT2D eigenvalue weighted by molar-refractivity contribution is 5.36. The van der Waals surface area contributed by atoms with E-state index in [1.165, 1.54) is 0 Å². The number of aliphatic hydroxyl groups is 1. The molecule has 0 aliphatic carbocycles. The van der Waals surface area contributed by atoms with Gasteiger partial charge in [0.15, 0.2) is 0 Å². The molecule has 0 aliphatic heterocycles. The number of hydrogen-bond donors (Lipinski definition) is 1. The van der Waals surface area contributed by atoms with Gasteiger partial charge in [-0.2, -0.15) is 0 Å². The highest BCUT2D eigenvalue weighted by Gasteiger charge is 2.05. The highest BCUT2D eigenvalue weighted by Crippen LogP contribution is 2.20. The summed E-state index contributed by atoms with van der Waals surface area (Å²) in [6.07, 6.45) is 1.80. The summed E-state index contributed by atoms with van der Waals surface area (Å²) in [4.78, 5) is 0. The Labute approximate surface area is 99.7 Å². The highest BCUT2D eigenvalue weighted by atomic mass is 16.5. The van der Waals surface area contributed by atoms with Gasteiger partial charge in [0.1, 0.15) is 18.1 Å². The number of nitrogens with zero attached hydrogens (tertiary/aromatic N) is 3. The number of hydrogen-bond acceptors (Lipinski definition) is 4. The van der Waals surface area contributed by atoms with Crippen LogP contribution in [0.5, 0.6) is 5.75 Å². The van der Waals surface area contributed by atoms with E-state index in [0.717, 1.165) is 16.8 Å². The first-order valence-electron chi connectivity index (χ1n) is 5.37. The Morgan fingerprint density at radius 3 is 2.88 bits per heavy atom. The van der Waals surface area contributed by atoms with Gasteiger partial charge in [0.05, 0.1) is 12.8 Å². The predicted molar refractivity (Wildman–Crippen MR) is 62.4 cm³/mol. The summed E-state index contributed by atoms with van der Waals surface area (Å²) in [5, 5.41) is 17.0. The summed E-state index contributed by atoms with van der Waals surface area (Å²) >= 11 is 0. The fraction of sp³-hybridized carbons (Fsp3) is 0.333. The lowest BCUT2D eigenvalue weighted by molar-refractivity contribution is 0.257. The largest absolute Gasteiger partial charge is 0.487 e. The van der Waals surface area contributed by atoms with E-state index in [9.17, 15) is 5.11 Å². The van der Waals surface area contributed by atoms with Crippen LogP contribution in [0.3, 0.4) is 0 Å². The SMILES string of the molecule is Cc1ccc(OCc2cn(C)nn2)c(CO)c1. The third-order valence-electron chi connectivity index (χ3n) is 2.41. The standard InChI is InChI=1S/C12H15N3O2/c1-9-3-4-12(10(5-9)7-16)17-8-11-6-15(2)14-13-11/h3-6,16H,7-8H2,1-2H3. The van der Waals surface area contributed by atoms with Crippen molar-refractivity contribution in [2.24, 2.45) is 7.05 Å². The fourth-order valence-corrected chi connectivity index (χ4v) is 1.59. The molecule has 0 atom stereocenters. The topological polar surface area (TPSA) is 60.2 Å². The second-order valence-electron chi connectivity index (χ2n) is 3.94. The zero-order chi connectivity index (χ0) is 12.3. The minimum atomic E-state index is -0.0303. The van der Waals surface area contributed by atoms with Crippen molar-refractivity contribution in [3.8, 4) is 5.75 Å². The van der Waals surface area contributed by atoms with Crippen molar-refractivity contribution < 1.29 is 9.84 Å². The molecule has 1 N–H and O–H groups in total. The van der Waals surface area contributed by atoms with Gasteiger partial charge < -0.3 is 9.84 Å². The van der Waals surface area contributed by atoms with Crippen molar-refractivity contribution in [2.45, 2.75) is 20.1 Å². The average Bonchev–Trinajstić information content (AvgIpc) is 2.73. The first-order chi connectivity index (χ1) is 8.19. The summed E-state index contributed by atoms with van der Waals surface area (Å²) in [5.41, 5.74) is 2.65. The van der Waals surface area contributed by atoms with Crippen LogP contribution in [0.25, 0.3) is 0 Å². The fourth-order valence-electron chi connectivity index (χ4n) is 1.59. The van der Waals surface area contributed by atoms with E-state index in [1.54, 1.807) is 10.9 Å². The number of rotatable bonds is 4. The van der Waals surface area contributed by atoms with Crippen LogP contribution < -0.4 is 4.74 Å². The van der Waals surface area contributed by atoms with Crippen LogP contribution in [0.2, 0.25) is 0 Å². The van der Waals surface area contributed by atoms with Crippen molar-refractivity contribution in [3.63, 3.8) is 0 Å². The van der Waals surface area contributed by atoms with Crippen LogP contribution in [0, 0.1) is 6.92 Å². The second kappa shape index (κ2) is 4.97. The Kier molecular flexibility index (Phi) is 3.39. The quantitative estimate of drug-likeness (QED) is 0.861. The molecule has 5 heteroatoms. The maximum Gasteiger partial charge on any atom is 0.134 e. The first kappa shape index (κ1) is 11.6. The van der Waals surface area contributed by atoms with Gasteiger partial charge in [-0.25, -0.2) is 0 Å². The lowest BCUT2D eigenvalue weighted by Gasteiger charge is -2.09. The van der Waals surface area contributed by atoms with Crippen LogP contribution >= 0.6 is 0 Å². The van der Waals surface area contributed by atoms with E-state index >= 15 is 0 Å². The summed E-state index contributed by atoms with van der Waals surface area (Å²) in [6, 6.07) is 5.72. The monoisotopic (exact) mass is 233 g/mol. The van der Waals surface area contributed by atoms with Gasteiger partial charge in [-0.15, -0.1) is 5.10 Å². The van der Waals surface area contributed by atoms with Crippen LogP contribution in [0.4, 0.5) is 0 Å². The molecule has 2 aromatic rings. The van der Waals surface area contributed by atoms with Crippen molar-refractivity contribution >= 4 is 0 Å². The number of aliphatic hydroxyl groups excluding tert-OH is 1. The summed E-state index contributed by atoms with van der Waals surface area (Å²) in [6.45, 7) is 2.30. The minimum Gasteiger partial charge on any atom is -0.487 e. The van der Waals surface area contributed by atoms with Crippen LogP contribution in [-0.2, 0) is 20.3 Å². The molecule has 0 saturated carbocycles. The Bertz CT molecular complexity index is 508. The third-order valence-corrected chi connectivity index (χ3v) is 2.41. The first-order valence-corrected chi connectivity index (χ1v) is 5.37. The van der Waals surface area contributed by atoms with Crippen molar-refractivity contribution in [2.75, 3.05) is 0 Å². The number of aryl methyl sites for hydroxylation is 2. The molecule has 2 rings (SSSR count). The van der Waals surface area contributed by atoms with Crippen LogP contribution in [0.15, 0.2) is 24.4 Å². The second-order valence-corrected chi connectivity index (χ2v) is 3.94. The molecule has 90 valence electrons. The Morgan fingerprint density at radius 1 is 1.41 bits per heavy atom. The Morgan fingerprint density at radius 2 is 2.24 bits per heavy atom. The number of ether oxygens (including phenoxy) is 1. The van der Waals surface area contributed by atoms with Crippen molar-refractivity contribution in [1.29, 1.82) is 0 Å². The van der Waals surface area contributed by atoms with E-state index in [1.807, 2.05) is 32.2 Å². The smallest absolute Gasteiger partial charge is 0.134 e. The van der Waals surface area contributed by atoms with Crippen LogP contribution in [0.1, 0.15) is 16.8 Å². The zero-order valence-corrected chi connectivity index (χ0v) is 9.92. The van der Waals surface area contributed by atoms with Crippen molar-refractivity contribution in [3.05, 3.63) is 41.2 Å². The maximum atomic E-state index is 9.23. The van der Waals surface area contributed by atoms with Gasteiger partial charge in [0, 0.05) is 12.6 Å². The molecule has 0 unspecified atom stereocenters. The normalized spacial score (nSPS) is 10.5. The molecule has 0 fully saturated rings. The molecule has 0 amide bonds. The van der Waals surface area contributed by atoms with Gasteiger partial charge >= 0.3 is 0 Å². The lowest BCUT2D eigenvalue weighted by atomic mass is 10.1. The van der Waals surface area contributed by atoms with Crippen LogP contribution in [-0.4, -0.2) is 20.1 Å². The molecular formula is C12H15N3O2. The van der Waals surface area contributed by atoms with E-state index in [2.05, 4.69) is 10.3 Å². The van der Waals surface area contributed by atoms with Gasteiger partial charge in [0.2, 0.25) is 0 Å². The molecule has 17 heavy (non-hydrogen) atoms. The molecule has 0 spiro atoms. The summed E-state index contributed by atoms with van der Waals surface area (Å²) < 4.78 is 7.23. The Hall–Kier alpha value is -1.88. The molecule has 0 saturated heterocycles. The number of aromatic nitrogens is 3. The molecule has 1 aromatic carbocycles. The minimum absolute atomic E-state index is 0.0303. The van der Waals surface area contributed by atoms with Gasteiger partial charge in [-0.05, 0) is 13.0 Å². The maximum absolute atomic E-state index is 9.23. The molecule has 5 nitrogen and oxygen atoms in total. The van der Waals surface area contributed by atoms with Gasteiger partial charge in [0.25, 0.3) is 0 Å². The zero-order valence-electron chi connectivity index (χ0n) is 9.92. The number of benzene rings is 1. The average molecular weight is 233 g/mol. The molecule has 0 radical (unpaired) electrons. The molecule has 0 aliphatic rings. The van der Waals surface area contributed by atoms with E-state index in [4.69, 9.17) is 4.74 Å². The molecular weight excluding hydrogens is 218 g/mol. The van der Waals surface area contributed by atoms with E-state index in [0.29, 0.717) is 12.4 Å².